The van der Waals surface area contributed by atoms with Gasteiger partial charge in [-0.25, -0.2) is 0 Å². The van der Waals surface area contributed by atoms with Crippen molar-refractivity contribution in [2.45, 2.75) is 25.3 Å². The first-order valence-corrected chi connectivity index (χ1v) is 6.93. The zero-order valence-electron chi connectivity index (χ0n) is 11.5. The summed E-state index contributed by atoms with van der Waals surface area (Å²) in [5.41, 5.74) is 0. The maximum atomic E-state index is 12.0. The van der Waals surface area contributed by atoms with Crippen LogP contribution in [0.1, 0.15) is 19.3 Å². The van der Waals surface area contributed by atoms with Crippen LogP contribution in [0.5, 0.6) is 5.75 Å². The fourth-order valence-corrected chi connectivity index (χ4v) is 2.28. The van der Waals surface area contributed by atoms with Crippen LogP contribution in [0.2, 0.25) is 0 Å². The molecule has 1 aliphatic heterocycles. The Kier molecular flexibility index (Phi) is 5.21. The van der Waals surface area contributed by atoms with E-state index in [1.165, 1.54) is 0 Å². The quantitative estimate of drug-likeness (QED) is 0.793. The number of hydrogen-bond donors (Lipinski definition) is 1. The molecule has 1 saturated heterocycles. The van der Waals surface area contributed by atoms with E-state index in [1.807, 2.05) is 37.4 Å². The second-order valence-electron chi connectivity index (χ2n) is 4.92. The highest BCUT2D eigenvalue weighted by Crippen LogP contribution is 2.10. The molecular weight excluding hydrogens is 240 g/mol. The molecule has 0 aromatic heterocycles. The fraction of sp³-hybridized carbons (Fsp3) is 0.533. The highest BCUT2D eigenvalue weighted by molar-refractivity contribution is 5.81. The first kappa shape index (κ1) is 13.9. The van der Waals surface area contributed by atoms with E-state index in [4.69, 9.17) is 4.74 Å². The van der Waals surface area contributed by atoms with E-state index in [1.54, 1.807) is 4.90 Å². The van der Waals surface area contributed by atoms with Gasteiger partial charge in [0, 0.05) is 13.6 Å². The summed E-state index contributed by atoms with van der Waals surface area (Å²) in [4.78, 5) is 13.8. The van der Waals surface area contributed by atoms with Crippen LogP contribution in [0, 0.1) is 0 Å². The number of benzene rings is 1. The van der Waals surface area contributed by atoms with E-state index in [0.29, 0.717) is 6.61 Å². The Labute approximate surface area is 114 Å². The number of ether oxygens (including phenoxy) is 1. The molecule has 1 aromatic rings. The molecule has 104 valence electrons. The van der Waals surface area contributed by atoms with Crippen LogP contribution in [0.25, 0.3) is 0 Å². The Hall–Kier alpha value is -1.55. The van der Waals surface area contributed by atoms with Crippen molar-refractivity contribution in [3.63, 3.8) is 0 Å². The number of rotatable bonds is 6. The minimum Gasteiger partial charge on any atom is -0.494 e. The van der Waals surface area contributed by atoms with Crippen molar-refractivity contribution in [2.75, 3.05) is 26.7 Å². The Morgan fingerprint density at radius 2 is 2.21 bits per heavy atom. The summed E-state index contributed by atoms with van der Waals surface area (Å²) in [6, 6.07) is 9.79. The van der Waals surface area contributed by atoms with Gasteiger partial charge in [-0.3, -0.25) is 4.79 Å². The number of hydrogen-bond acceptors (Lipinski definition) is 3. The average Bonchev–Trinajstić information content (AvgIpc) is 2.98. The summed E-state index contributed by atoms with van der Waals surface area (Å²) in [7, 11) is 1.87. The second-order valence-corrected chi connectivity index (χ2v) is 4.92. The van der Waals surface area contributed by atoms with Crippen LogP contribution in [0.3, 0.4) is 0 Å². The molecule has 0 radical (unpaired) electrons. The molecular formula is C15H22N2O2. The van der Waals surface area contributed by atoms with E-state index >= 15 is 0 Å². The van der Waals surface area contributed by atoms with Crippen LogP contribution >= 0.6 is 0 Å². The van der Waals surface area contributed by atoms with Crippen LogP contribution < -0.4 is 10.1 Å². The van der Waals surface area contributed by atoms with E-state index in [-0.39, 0.29) is 11.9 Å². The lowest BCUT2D eigenvalue weighted by molar-refractivity contribution is -0.131. The van der Waals surface area contributed by atoms with Gasteiger partial charge in [0.25, 0.3) is 0 Å². The predicted octanol–water partition coefficient (Wildman–Crippen LogP) is 1.67. The summed E-state index contributed by atoms with van der Waals surface area (Å²) >= 11 is 0. The lowest BCUT2D eigenvalue weighted by atomic mass is 10.2. The zero-order valence-corrected chi connectivity index (χ0v) is 11.5. The molecule has 4 heteroatoms. The predicted molar refractivity (Wildman–Crippen MR) is 75.2 cm³/mol. The normalized spacial score (nSPS) is 18.3. The molecule has 0 aliphatic carbocycles. The molecule has 1 amide bonds. The maximum Gasteiger partial charge on any atom is 0.239 e. The zero-order chi connectivity index (χ0) is 13.5. The maximum absolute atomic E-state index is 12.0. The van der Waals surface area contributed by atoms with Gasteiger partial charge in [-0.05, 0) is 37.9 Å². The standard InChI is InChI=1S/C15H22N2O2/c1-17(15(18)14-9-5-10-16-14)11-6-12-19-13-7-3-2-4-8-13/h2-4,7-8,14,16H,5-6,9-12H2,1H3. The summed E-state index contributed by atoms with van der Waals surface area (Å²) in [6.07, 6.45) is 2.91. The molecule has 1 fully saturated rings. The summed E-state index contributed by atoms with van der Waals surface area (Å²) < 4.78 is 5.61. The van der Waals surface area contributed by atoms with Gasteiger partial charge < -0.3 is 15.0 Å². The van der Waals surface area contributed by atoms with Crippen molar-refractivity contribution in [3.05, 3.63) is 30.3 Å². The lowest BCUT2D eigenvalue weighted by Crippen LogP contribution is -2.42. The summed E-state index contributed by atoms with van der Waals surface area (Å²) in [6.45, 7) is 2.34. The molecule has 19 heavy (non-hydrogen) atoms. The molecule has 1 unspecified atom stereocenters. The molecule has 2 rings (SSSR count). The summed E-state index contributed by atoms with van der Waals surface area (Å²) in [5, 5.41) is 3.23. The topological polar surface area (TPSA) is 41.6 Å². The monoisotopic (exact) mass is 262 g/mol. The van der Waals surface area contributed by atoms with Crippen LogP contribution in [-0.2, 0) is 4.79 Å². The Morgan fingerprint density at radius 1 is 1.42 bits per heavy atom. The van der Waals surface area contributed by atoms with Crippen LogP contribution in [-0.4, -0.2) is 43.6 Å². The SMILES string of the molecule is CN(CCCOc1ccccc1)C(=O)C1CCCN1. The molecule has 0 spiro atoms. The van der Waals surface area contributed by atoms with Gasteiger partial charge in [0.15, 0.2) is 0 Å². The average molecular weight is 262 g/mol. The third kappa shape index (κ3) is 4.24. The van der Waals surface area contributed by atoms with Gasteiger partial charge in [-0.1, -0.05) is 18.2 Å². The van der Waals surface area contributed by atoms with Gasteiger partial charge in [-0.2, -0.15) is 0 Å². The van der Waals surface area contributed by atoms with Crippen LogP contribution in [0.15, 0.2) is 30.3 Å². The Morgan fingerprint density at radius 3 is 2.89 bits per heavy atom. The molecule has 4 nitrogen and oxygen atoms in total. The molecule has 0 saturated carbocycles. The third-order valence-electron chi connectivity index (χ3n) is 3.38. The number of nitrogens with one attached hydrogen (secondary N) is 1. The van der Waals surface area contributed by atoms with Gasteiger partial charge in [0.1, 0.15) is 5.75 Å². The Balaban J connectivity index is 1.63. The lowest BCUT2D eigenvalue weighted by Gasteiger charge is -2.21. The van der Waals surface area contributed by atoms with Gasteiger partial charge in [-0.15, -0.1) is 0 Å². The summed E-state index contributed by atoms with van der Waals surface area (Å²) in [5.74, 6) is 1.09. The molecule has 0 bridgehead atoms. The number of nitrogens with zero attached hydrogens (tertiary/aromatic N) is 1. The number of likely N-dealkylation sites (N-methyl/N-ethyl adjacent to an activating group) is 1. The third-order valence-corrected chi connectivity index (χ3v) is 3.38. The van der Waals surface area contributed by atoms with Crippen molar-refractivity contribution >= 4 is 5.91 Å². The van der Waals surface area contributed by atoms with Gasteiger partial charge >= 0.3 is 0 Å². The molecule has 1 aromatic carbocycles. The number of carbonyl (C=O) groups excluding carboxylic acids is 1. The molecule has 1 heterocycles. The molecule has 1 N–H and O–H groups in total. The first-order valence-electron chi connectivity index (χ1n) is 6.93. The minimum atomic E-state index is 0.0278. The van der Waals surface area contributed by atoms with E-state index in [9.17, 15) is 4.79 Å². The van der Waals surface area contributed by atoms with Crippen molar-refractivity contribution in [1.29, 1.82) is 0 Å². The van der Waals surface area contributed by atoms with E-state index in [2.05, 4.69) is 5.32 Å². The van der Waals surface area contributed by atoms with E-state index in [0.717, 1.165) is 38.1 Å². The smallest absolute Gasteiger partial charge is 0.239 e. The van der Waals surface area contributed by atoms with Gasteiger partial charge in [0.05, 0.1) is 12.6 Å². The number of amides is 1. The fourth-order valence-electron chi connectivity index (χ4n) is 2.28. The molecule has 1 aliphatic rings. The largest absolute Gasteiger partial charge is 0.494 e. The van der Waals surface area contributed by atoms with Crippen LogP contribution in [0.4, 0.5) is 0 Å². The second kappa shape index (κ2) is 7.14. The molecule has 1 atom stereocenters. The Bertz CT molecular complexity index is 388. The van der Waals surface area contributed by atoms with Crippen molar-refractivity contribution in [2.24, 2.45) is 0 Å². The minimum absolute atomic E-state index is 0.0278. The highest BCUT2D eigenvalue weighted by Gasteiger charge is 2.24. The first-order chi connectivity index (χ1) is 9.27. The van der Waals surface area contributed by atoms with Crippen molar-refractivity contribution in [1.82, 2.24) is 10.2 Å². The highest BCUT2D eigenvalue weighted by atomic mass is 16.5. The number of para-hydroxylation sites is 1. The van der Waals surface area contributed by atoms with E-state index < -0.39 is 0 Å². The van der Waals surface area contributed by atoms with Crippen molar-refractivity contribution < 1.29 is 9.53 Å². The van der Waals surface area contributed by atoms with Crippen molar-refractivity contribution in [3.8, 4) is 5.75 Å². The van der Waals surface area contributed by atoms with Gasteiger partial charge in [0.2, 0.25) is 5.91 Å². The number of carbonyl (C=O) groups is 1.